The van der Waals surface area contributed by atoms with Crippen molar-refractivity contribution in [2.75, 3.05) is 5.75 Å². The molecule has 1 aromatic heterocycles. The number of amides is 2. The third kappa shape index (κ3) is 4.25. The quantitative estimate of drug-likeness (QED) is 0.361. The van der Waals surface area contributed by atoms with Crippen LogP contribution in [0.15, 0.2) is 53.4 Å². The summed E-state index contributed by atoms with van der Waals surface area (Å²) in [7, 11) is 0. The van der Waals surface area contributed by atoms with E-state index >= 15 is 0 Å². The predicted octanol–water partition coefficient (Wildman–Crippen LogP) is 5.94. The minimum atomic E-state index is -0.553. The molecule has 2 amide bonds. The molecule has 5 rings (SSSR count). The monoisotopic (exact) mass is 494 g/mol. The van der Waals surface area contributed by atoms with Gasteiger partial charge < -0.3 is 9.40 Å². The average Bonchev–Trinajstić information content (AvgIpc) is 3.35. The van der Waals surface area contributed by atoms with E-state index in [4.69, 9.17) is 4.84 Å². The second-order valence-corrected chi connectivity index (χ2v) is 11.1. The summed E-state index contributed by atoms with van der Waals surface area (Å²) in [5.41, 5.74) is 5.09. The summed E-state index contributed by atoms with van der Waals surface area (Å²) in [6, 6.07) is 17.1. The first-order valence-electron chi connectivity index (χ1n) is 11.6. The number of fused-ring (bicyclic) bond motifs is 5. The molecule has 1 fully saturated rings. The second-order valence-electron chi connectivity index (χ2n) is 8.40. The summed E-state index contributed by atoms with van der Waals surface area (Å²) in [6.45, 7) is 3.18. The van der Waals surface area contributed by atoms with Crippen LogP contribution in [0.4, 0.5) is 0 Å². The van der Waals surface area contributed by atoms with Gasteiger partial charge in [-0.3, -0.25) is 9.59 Å². The molecule has 1 unspecified atom stereocenters. The first kappa shape index (κ1) is 23.1. The summed E-state index contributed by atoms with van der Waals surface area (Å²) < 4.78 is 2.58. The first-order chi connectivity index (χ1) is 16.6. The van der Waals surface area contributed by atoms with Crippen LogP contribution in [-0.2, 0) is 25.8 Å². The minimum absolute atomic E-state index is 0.101. The van der Waals surface area contributed by atoms with Gasteiger partial charge >= 0.3 is 5.97 Å². The normalized spacial score (nSPS) is 17.2. The van der Waals surface area contributed by atoms with Crippen LogP contribution in [0.5, 0.6) is 0 Å². The standard InChI is InChI=1S/C26H26N2O4S2/c1-2-3-15-27-19-10-6-4-8-17(19)24-25(27)18-9-5-7-11-20(18)34-26(24)33-16-14-23(31)32-28-21(29)12-13-22(28)30/h4-11,26H,2-3,12-16H2,1H3. The van der Waals surface area contributed by atoms with E-state index in [-0.39, 0.29) is 23.8 Å². The number of thioether (sulfide) groups is 2. The van der Waals surface area contributed by atoms with Gasteiger partial charge in [0.1, 0.15) is 0 Å². The van der Waals surface area contributed by atoms with Gasteiger partial charge in [-0.05, 0) is 18.6 Å². The van der Waals surface area contributed by atoms with Crippen molar-refractivity contribution < 1.29 is 19.2 Å². The molecule has 6 nitrogen and oxygen atoms in total. The number of benzene rings is 2. The highest BCUT2D eigenvalue weighted by atomic mass is 32.2. The van der Waals surface area contributed by atoms with E-state index in [1.54, 1.807) is 11.8 Å². The molecule has 3 aromatic rings. The number of aryl methyl sites for hydroxylation is 1. The summed E-state index contributed by atoms with van der Waals surface area (Å²) in [6.07, 6.45) is 2.57. The van der Waals surface area contributed by atoms with Crippen LogP contribution >= 0.6 is 23.5 Å². The maximum absolute atomic E-state index is 12.3. The fraction of sp³-hybridized carbons (Fsp3) is 0.346. The van der Waals surface area contributed by atoms with Gasteiger partial charge in [-0.1, -0.05) is 49.7 Å². The highest BCUT2D eigenvalue weighted by molar-refractivity contribution is 8.16. The molecule has 0 bridgehead atoms. The average molecular weight is 495 g/mol. The van der Waals surface area contributed by atoms with Gasteiger partial charge in [-0.15, -0.1) is 28.6 Å². The molecular weight excluding hydrogens is 468 g/mol. The number of hydrogen-bond acceptors (Lipinski definition) is 6. The van der Waals surface area contributed by atoms with Crippen molar-refractivity contribution in [1.82, 2.24) is 9.63 Å². The summed E-state index contributed by atoms with van der Waals surface area (Å²) in [5, 5.41) is 1.88. The number of unbranched alkanes of at least 4 members (excludes halogenated alkanes) is 1. The Morgan fingerprint density at radius 3 is 2.62 bits per heavy atom. The summed E-state index contributed by atoms with van der Waals surface area (Å²) >= 11 is 3.52. The molecule has 0 saturated carbocycles. The van der Waals surface area contributed by atoms with E-state index in [1.807, 2.05) is 11.8 Å². The largest absolute Gasteiger partial charge is 0.340 e. The third-order valence-electron chi connectivity index (χ3n) is 6.13. The van der Waals surface area contributed by atoms with Crippen molar-refractivity contribution in [3.8, 4) is 11.3 Å². The van der Waals surface area contributed by atoms with E-state index in [1.165, 1.54) is 32.6 Å². The van der Waals surface area contributed by atoms with Gasteiger partial charge in [0.2, 0.25) is 0 Å². The Morgan fingerprint density at radius 2 is 1.82 bits per heavy atom. The maximum Gasteiger partial charge on any atom is 0.334 e. The smallest absolute Gasteiger partial charge is 0.334 e. The molecule has 2 aromatic carbocycles. The zero-order valence-electron chi connectivity index (χ0n) is 19.0. The molecule has 176 valence electrons. The number of para-hydroxylation sites is 1. The van der Waals surface area contributed by atoms with E-state index in [0.717, 1.165) is 19.4 Å². The molecule has 2 aliphatic rings. The van der Waals surface area contributed by atoms with Crippen molar-refractivity contribution in [3.05, 3.63) is 54.1 Å². The Labute approximate surface area is 207 Å². The Hall–Kier alpha value is -2.71. The van der Waals surface area contributed by atoms with Gasteiger partial charge in [0.05, 0.1) is 16.7 Å². The molecule has 0 spiro atoms. The summed E-state index contributed by atoms with van der Waals surface area (Å²) in [5.74, 6) is -0.921. The van der Waals surface area contributed by atoms with Gasteiger partial charge in [-0.2, -0.15) is 0 Å². The maximum atomic E-state index is 12.3. The Kier molecular flexibility index (Phi) is 6.70. The van der Waals surface area contributed by atoms with Crippen LogP contribution in [0, 0.1) is 0 Å². The lowest BCUT2D eigenvalue weighted by atomic mass is 10.1. The fourth-order valence-electron chi connectivity index (χ4n) is 4.52. The molecule has 34 heavy (non-hydrogen) atoms. The molecule has 0 aliphatic carbocycles. The highest BCUT2D eigenvalue weighted by Crippen LogP contribution is 2.56. The highest BCUT2D eigenvalue weighted by Gasteiger charge is 2.34. The number of hydrogen-bond donors (Lipinski definition) is 0. The molecule has 2 aliphatic heterocycles. The molecule has 8 heteroatoms. The topological polar surface area (TPSA) is 68.6 Å². The van der Waals surface area contributed by atoms with Gasteiger partial charge in [0, 0.05) is 52.1 Å². The van der Waals surface area contributed by atoms with Crippen LogP contribution in [-0.4, -0.2) is 33.2 Å². The van der Waals surface area contributed by atoms with Crippen LogP contribution in [0.3, 0.4) is 0 Å². The molecule has 0 N–H and O–H groups in total. The second kappa shape index (κ2) is 9.88. The molecule has 0 radical (unpaired) electrons. The lowest BCUT2D eigenvalue weighted by Gasteiger charge is -2.26. The van der Waals surface area contributed by atoms with E-state index in [2.05, 4.69) is 60.0 Å². The number of hydroxylamine groups is 2. The zero-order chi connectivity index (χ0) is 23.7. The molecule has 3 heterocycles. The van der Waals surface area contributed by atoms with Gasteiger partial charge in [-0.25, -0.2) is 4.79 Å². The third-order valence-corrected chi connectivity index (χ3v) is 8.87. The molecule has 1 saturated heterocycles. The lowest BCUT2D eigenvalue weighted by Crippen LogP contribution is -2.32. The number of carbonyl (C=O) groups is 3. The zero-order valence-corrected chi connectivity index (χ0v) is 20.6. The molecule has 1 atom stereocenters. The Bertz CT molecular complexity index is 1250. The van der Waals surface area contributed by atoms with Crippen LogP contribution in [0.1, 0.15) is 49.2 Å². The number of imide groups is 1. The number of nitrogens with zero attached hydrogens (tertiary/aromatic N) is 2. The van der Waals surface area contributed by atoms with Crippen molar-refractivity contribution in [1.29, 1.82) is 0 Å². The van der Waals surface area contributed by atoms with Gasteiger partial charge in [0.25, 0.3) is 11.8 Å². The summed E-state index contributed by atoms with van der Waals surface area (Å²) in [4.78, 5) is 42.0. The number of aromatic nitrogens is 1. The van der Waals surface area contributed by atoms with E-state index < -0.39 is 17.8 Å². The SMILES string of the molecule is CCCCn1c2c(c3ccccc31)C(SCCC(=O)ON1C(=O)CCC1=O)Sc1ccccc1-2. The van der Waals surface area contributed by atoms with Crippen molar-refractivity contribution >= 4 is 52.2 Å². The predicted molar refractivity (Wildman–Crippen MR) is 135 cm³/mol. The van der Waals surface area contributed by atoms with Crippen molar-refractivity contribution in [2.24, 2.45) is 0 Å². The van der Waals surface area contributed by atoms with Crippen molar-refractivity contribution in [3.63, 3.8) is 0 Å². The fourth-order valence-corrected chi connectivity index (χ4v) is 7.33. The van der Waals surface area contributed by atoms with Gasteiger partial charge in [0.15, 0.2) is 0 Å². The Morgan fingerprint density at radius 1 is 1.09 bits per heavy atom. The van der Waals surface area contributed by atoms with E-state index in [0.29, 0.717) is 10.8 Å². The first-order valence-corrected chi connectivity index (χ1v) is 13.6. The number of carbonyl (C=O) groups excluding carboxylic acids is 3. The Balaban J connectivity index is 1.40. The van der Waals surface area contributed by atoms with E-state index in [9.17, 15) is 14.4 Å². The van der Waals surface area contributed by atoms with Crippen LogP contribution < -0.4 is 0 Å². The molecular formula is C26H26N2O4S2. The minimum Gasteiger partial charge on any atom is -0.340 e. The van der Waals surface area contributed by atoms with Crippen LogP contribution in [0.2, 0.25) is 0 Å². The number of rotatable bonds is 8. The lowest BCUT2D eigenvalue weighted by molar-refractivity contribution is -0.197. The van der Waals surface area contributed by atoms with Crippen LogP contribution in [0.25, 0.3) is 22.2 Å². The van der Waals surface area contributed by atoms with Crippen molar-refractivity contribution in [2.45, 2.75) is 55.1 Å².